The summed E-state index contributed by atoms with van der Waals surface area (Å²) in [6.07, 6.45) is -0.0285. The van der Waals surface area contributed by atoms with Crippen LogP contribution in [-0.4, -0.2) is 30.8 Å². The number of esters is 2. The highest BCUT2D eigenvalue weighted by Gasteiger charge is 2.53. The van der Waals surface area contributed by atoms with E-state index in [0.29, 0.717) is 12.0 Å². The van der Waals surface area contributed by atoms with Crippen molar-refractivity contribution in [2.45, 2.75) is 30.7 Å². The fourth-order valence-corrected chi connectivity index (χ4v) is 6.95. The van der Waals surface area contributed by atoms with Crippen molar-refractivity contribution in [1.29, 1.82) is 0 Å². The van der Waals surface area contributed by atoms with Gasteiger partial charge in [0.1, 0.15) is 17.8 Å². The van der Waals surface area contributed by atoms with Crippen molar-refractivity contribution >= 4 is 11.9 Å². The predicted octanol–water partition coefficient (Wildman–Crippen LogP) is 7.84. The van der Waals surface area contributed by atoms with E-state index in [0.717, 1.165) is 27.8 Å². The van der Waals surface area contributed by atoms with Crippen molar-refractivity contribution in [3.8, 4) is 11.1 Å². The SMILES string of the molecule is O=C1C[C@H]2[C@@H](COC(c3ccccc3)(c3ccccc3)c3ccccc3)[C@@H](OC(=O)c3ccc(-c4ccccc4)cc3)C[C@@H]2O1. The first-order valence-corrected chi connectivity index (χ1v) is 15.5. The molecule has 0 bridgehead atoms. The Morgan fingerprint density at radius 3 is 1.69 bits per heavy atom. The summed E-state index contributed by atoms with van der Waals surface area (Å²) in [7, 11) is 0. The highest BCUT2D eigenvalue weighted by Crippen LogP contribution is 2.46. The van der Waals surface area contributed by atoms with E-state index >= 15 is 0 Å². The molecule has 1 heterocycles. The topological polar surface area (TPSA) is 61.8 Å². The lowest BCUT2D eigenvalue weighted by molar-refractivity contribution is -0.141. The molecule has 4 atom stereocenters. The molecule has 1 saturated carbocycles. The normalized spacial score (nSPS) is 20.8. The molecular weight excluding hydrogens is 560 g/mol. The lowest BCUT2D eigenvalue weighted by Crippen LogP contribution is -2.38. The first kappa shape index (κ1) is 28.8. The van der Waals surface area contributed by atoms with E-state index in [1.807, 2.05) is 97.1 Å². The number of hydrogen-bond donors (Lipinski definition) is 0. The molecule has 5 nitrogen and oxygen atoms in total. The first-order chi connectivity index (χ1) is 22.1. The van der Waals surface area contributed by atoms with E-state index < -0.39 is 17.7 Å². The average molecular weight is 595 g/mol. The summed E-state index contributed by atoms with van der Waals surface area (Å²) in [5, 5.41) is 0. The average Bonchev–Trinajstić information content (AvgIpc) is 3.62. The van der Waals surface area contributed by atoms with Gasteiger partial charge in [0.05, 0.1) is 18.6 Å². The Hall–Kier alpha value is -5.00. The van der Waals surface area contributed by atoms with E-state index in [1.165, 1.54) is 0 Å². The lowest BCUT2D eigenvalue weighted by atomic mass is 9.79. The Kier molecular flexibility index (Phi) is 8.02. The van der Waals surface area contributed by atoms with Crippen molar-refractivity contribution < 1.29 is 23.8 Å². The molecule has 1 aliphatic heterocycles. The molecular formula is C40H34O5. The van der Waals surface area contributed by atoms with Crippen LogP contribution < -0.4 is 0 Å². The number of benzene rings is 5. The second-order valence-corrected chi connectivity index (χ2v) is 11.8. The largest absolute Gasteiger partial charge is 0.462 e. The van der Waals surface area contributed by atoms with Crippen molar-refractivity contribution in [2.24, 2.45) is 11.8 Å². The molecule has 0 spiro atoms. The summed E-state index contributed by atoms with van der Waals surface area (Å²) in [5.74, 6) is -0.937. The fourth-order valence-electron chi connectivity index (χ4n) is 6.95. The smallest absolute Gasteiger partial charge is 0.338 e. The van der Waals surface area contributed by atoms with Crippen LogP contribution in [0, 0.1) is 11.8 Å². The Morgan fingerprint density at radius 1 is 0.667 bits per heavy atom. The van der Waals surface area contributed by atoms with Gasteiger partial charge < -0.3 is 14.2 Å². The highest BCUT2D eigenvalue weighted by atomic mass is 16.6. The molecule has 1 aliphatic carbocycles. The van der Waals surface area contributed by atoms with Crippen LogP contribution in [-0.2, 0) is 24.6 Å². The Labute approximate surface area is 263 Å². The number of rotatable bonds is 9. The molecule has 0 N–H and O–H groups in total. The number of ether oxygens (including phenoxy) is 3. The summed E-state index contributed by atoms with van der Waals surface area (Å²) in [5.41, 5.74) is 4.63. The summed E-state index contributed by atoms with van der Waals surface area (Å²) in [6.45, 7) is 0.265. The zero-order valence-electron chi connectivity index (χ0n) is 24.8. The summed E-state index contributed by atoms with van der Waals surface area (Å²) in [6, 6.07) is 48.1. The standard InChI is InChI=1S/C40H34O5/c41-38-25-34-35(37(26-36(34)44-38)45-39(42)30-23-21-29(22-24-30)28-13-5-1-6-14-28)27-43-40(31-15-7-2-8-16-31,32-17-9-3-10-18-32)33-19-11-4-12-20-33/h1-24,34-37H,25-27H2/t34-,35+,36-,37-/m0/s1. The number of fused-ring (bicyclic) bond motifs is 1. The summed E-state index contributed by atoms with van der Waals surface area (Å²) in [4.78, 5) is 25.9. The lowest BCUT2D eigenvalue weighted by Gasteiger charge is -2.38. The van der Waals surface area contributed by atoms with Crippen molar-refractivity contribution in [2.75, 3.05) is 6.61 Å². The number of carbonyl (C=O) groups excluding carboxylic acids is 2. The maximum atomic E-state index is 13.5. The van der Waals surface area contributed by atoms with Gasteiger partial charge in [-0.25, -0.2) is 4.79 Å². The van der Waals surface area contributed by atoms with Gasteiger partial charge in [-0.15, -0.1) is 0 Å². The summed E-state index contributed by atoms with van der Waals surface area (Å²) < 4.78 is 19.0. The van der Waals surface area contributed by atoms with Gasteiger partial charge in [0.25, 0.3) is 0 Å². The van der Waals surface area contributed by atoms with E-state index in [1.54, 1.807) is 12.1 Å². The van der Waals surface area contributed by atoms with Crippen LogP contribution in [0.5, 0.6) is 0 Å². The maximum absolute atomic E-state index is 13.5. The monoisotopic (exact) mass is 594 g/mol. The first-order valence-electron chi connectivity index (χ1n) is 15.5. The van der Waals surface area contributed by atoms with Crippen LogP contribution >= 0.6 is 0 Å². The molecule has 45 heavy (non-hydrogen) atoms. The molecule has 2 fully saturated rings. The van der Waals surface area contributed by atoms with Crippen LogP contribution in [0.3, 0.4) is 0 Å². The highest BCUT2D eigenvalue weighted by molar-refractivity contribution is 5.90. The molecule has 7 rings (SSSR count). The maximum Gasteiger partial charge on any atom is 0.338 e. The molecule has 0 radical (unpaired) electrons. The molecule has 5 heteroatoms. The minimum Gasteiger partial charge on any atom is -0.462 e. The van der Waals surface area contributed by atoms with Crippen LogP contribution in [0.15, 0.2) is 146 Å². The minimum atomic E-state index is -0.923. The molecule has 5 aromatic rings. The third-order valence-electron chi connectivity index (χ3n) is 9.17. The molecule has 2 aliphatic rings. The second kappa shape index (κ2) is 12.5. The van der Waals surface area contributed by atoms with E-state index in [9.17, 15) is 9.59 Å². The van der Waals surface area contributed by atoms with Crippen molar-refractivity contribution in [3.63, 3.8) is 0 Å². The van der Waals surface area contributed by atoms with E-state index in [2.05, 4.69) is 36.4 Å². The molecule has 0 amide bonds. The van der Waals surface area contributed by atoms with Crippen LogP contribution in [0.25, 0.3) is 11.1 Å². The van der Waals surface area contributed by atoms with Crippen LogP contribution in [0.4, 0.5) is 0 Å². The van der Waals surface area contributed by atoms with Gasteiger partial charge in [0.2, 0.25) is 0 Å². The van der Waals surface area contributed by atoms with Gasteiger partial charge in [-0.1, -0.05) is 133 Å². The Bertz CT molecular complexity index is 1640. The van der Waals surface area contributed by atoms with Gasteiger partial charge in [-0.3, -0.25) is 4.79 Å². The number of carbonyl (C=O) groups is 2. The Morgan fingerprint density at radius 2 is 1.16 bits per heavy atom. The molecule has 5 aromatic carbocycles. The van der Waals surface area contributed by atoms with Crippen molar-refractivity contribution in [3.05, 3.63) is 168 Å². The van der Waals surface area contributed by atoms with Gasteiger partial charge in [-0.2, -0.15) is 0 Å². The second-order valence-electron chi connectivity index (χ2n) is 11.8. The van der Waals surface area contributed by atoms with E-state index in [-0.39, 0.29) is 36.9 Å². The van der Waals surface area contributed by atoms with Crippen LogP contribution in [0.1, 0.15) is 39.9 Å². The predicted molar refractivity (Wildman–Crippen MR) is 172 cm³/mol. The number of hydrogen-bond acceptors (Lipinski definition) is 5. The zero-order chi connectivity index (χ0) is 30.6. The van der Waals surface area contributed by atoms with Crippen LogP contribution in [0.2, 0.25) is 0 Å². The molecule has 1 saturated heterocycles. The van der Waals surface area contributed by atoms with Gasteiger partial charge >= 0.3 is 11.9 Å². The zero-order valence-corrected chi connectivity index (χ0v) is 24.8. The Balaban J connectivity index is 1.19. The summed E-state index contributed by atoms with van der Waals surface area (Å²) >= 11 is 0. The van der Waals surface area contributed by atoms with Gasteiger partial charge in [0, 0.05) is 18.3 Å². The molecule has 224 valence electrons. The van der Waals surface area contributed by atoms with Gasteiger partial charge in [0.15, 0.2) is 0 Å². The van der Waals surface area contributed by atoms with E-state index in [4.69, 9.17) is 14.2 Å². The van der Waals surface area contributed by atoms with Gasteiger partial charge in [-0.05, 0) is 39.9 Å². The third kappa shape index (κ3) is 5.67. The minimum absolute atomic E-state index is 0.101. The quantitative estimate of drug-likeness (QED) is 0.129. The third-order valence-corrected chi connectivity index (χ3v) is 9.17. The fraction of sp³-hybridized carbons (Fsp3) is 0.200. The van der Waals surface area contributed by atoms with Crippen molar-refractivity contribution in [1.82, 2.24) is 0 Å². The molecule has 0 aromatic heterocycles. The molecule has 0 unspecified atom stereocenters.